The second-order valence-electron chi connectivity index (χ2n) is 4.28. The summed E-state index contributed by atoms with van der Waals surface area (Å²) in [5.41, 5.74) is 1.31. The Hall–Kier alpha value is -1.46. The molecule has 2 rings (SSSR count). The topological polar surface area (TPSA) is 21.3 Å². The molecule has 2 aromatic rings. The number of methoxy groups -OCH3 is 1. The molecule has 0 heterocycles. The summed E-state index contributed by atoms with van der Waals surface area (Å²) >= 11 is 3.12. The Balaban J connectivity index is 2.51. The third kappa shape index (κ3) is 2.99. The van der Waals surface area contributed by atoms with Crippen LogP contribution in [0.5, 0.6) is 5.75 Å². The smallest absolute Gasteiger partial charge is 0.137 e. The van der Waals surface area contributed by atoms with Crippen molar-refractivity contribution in [1.29, 1.82) is 0 Å². The maximum atomic E-state index is 13.7. The summed E-state index contributed by atoms with van der Waals surface area (Å²) in [6.07, 6.45) is 0. The molecule has 5 heteroatoms. The minimum atomic E-state index is -0.363. The van der Waals surface area contributed by atoms with Gasteiger partial charge in [-0.2, -0.15) is 0 Å². The van der Waals surface area contributed by atoms with Crippen LogP contribution >= 0.6 is 15.9 Å². The van der Waals surface area contributed by atoms with Gasteiger partial charge in [0.05, 0.1) is 17.6 Å². The Kier molecular flexibility index (Phi) is 4.73. The van der Waals surface area contributed by atoms with Crippen LogP contribution in [0.4, 0.5) is 8.78 Å². The monoisotopic (exact) mass is 341 g/mol. The van der Waals surface area contributed by atoms with E-state index in [0.29, 0.717) is 21.3 Å². The number of ether oxygens (including phenoxy) is 1. The molecule has 0 aliphatic rings. The van der Waals surface area contributed by atoms with Gasteiger partial charge in [-0.15, -0.1) is 0 Å². The van der Waals surface area contributed by atoms with Gasteiger partial charge >= 0.3 is 0 Å². The van der Waals surface area contributed by atoms with Gasteiger partial charge in [-0.25, -0.2) is 8.78 Å². The standard InChI is InChI=1S/C15H14BrF2NO/c1-19-15(9-3-5-12(16)13(18)7-9)11-8-10(17)4-6-14(11)20-2/h3-8,15,19H,1-2H3. The van der Waals surface area contributed by atoms with Gasteiger partial charge in [-0.1, -0.05) is 6.07 Å². The summed E-state index contributed by atoms with van der Waals surface area (Å²) in [7, 11) is 3.25. The first-order valence-electron chi connectivity index (χ1n) is 6.02. The third-order valence-corrected chi connectivity index (χ3v) is 3.71. The minimum Gasteiger partial charge on any atom is -0.496 e. The van der Waals surface area contributed by atoms with Gasteiger partial charge in [0.15, 0.2) is 0 Å². The Morgan fingerprint density at radius 1 is 1.15 bits per heavy atom. The van der Waals surface area contributed by atoms with Crippen LogP contribution < -0.4 is 10.1 Å². The number of nitrogens with one attached hydrogen (secondary N) is 1. The van der Waals surface area contributed by atoms with Crippen molar-refractivity contribution in [3.05, 3.63) is 63.6 Å². The zero-order valence-corrected chi connectivity index (χ0v) is 12.7. The van der Waals surface area contributed by atoms with Crippen LogP contribution in [-0.4, -0.2) is 14.2 Å². The average Bonchev–Trinajstić information content (AvgIpc) is 2.44. The summed E-state index contributed by atoms with van der Waals surface area (Å²) in [4.78, 5) is 0. The molecule has 0 saturated heterocycles. The molecule has 0 fully saturated rings. The number of rotatable bonds is 4. The largest absolute Gasteiger partial charge is 0.496 e. The van der Waals surface area contributed by atoms with Crippen molar-refractivity contribution in [1.82, 2.24) is 5.32 Å². The number of benzene rings is 2. The van der Waals surface area contributed by atoms with Crippen LogP contribution in [-0.2, 0) is 0 Å². The van der Waals surface area contributed by atoms with Crippen molar-refractivity contribution >= 4 is 15.9 Å². The molecule has 20 heavy (non-hydrogen) atoms. The number of hydrogen-bond donors (Lipinski definition) is 1. The van der Waals surface area contributed by atoms with Crippen LogP contribution in [0.3, 0.4) is 0 Å². The van der Waals surface area contributed by atoms with E-state index in [0.717, 1.165) is 0 Å². The molecule has 0 spiro atoms. The van der Waals surface area contributed by atoms with E-state index in [2.05, 4.69) is 21.2 Å². The van der Waals surface area contributed by atoms with Crippen molar-refractivity contribution in [2.24, 2.45) is 0 Å². The van der Waals surface area contributed by atoms with E-state index in [1.165, 1.54) is 25.3 Å². The van der Waals surface area contributed by atoms with E-state index in [9.17, 15) is 8.78 Å². The van der Waals surface area contributed by atoms with Gasteiger partial charge in [-0.3, -0.25) is 0 Å². The fourth-order valence-electron chi connectivity index (χ4n) is 2.12. The Labute approximate surface area is 124 Å². The van der Waals surface area contributed by atoms with E-state index in [4.69, 9.17) is 4.74 Å². The second kappa shape index (κ2) is 6.33. The predicted molar refractivity (Wildman–Crippen MR) is 78.0 cm³/mol. The molecule has 106 valence electrons. The zero-order chi connectivity index (χ0) is 14.7. The van der Waals surface area contributed by atoms with Crippen LogP contribution in [0.15, 0.2) is 40.9 Å². The van der Waals surface area contributed by atoms with E-state index in [1.807, 2.05) is 0 Å². The molecule has 0 aliphatic carbocycles. The first kappa shape index (κ1) is 14.9. The molecule has 0 saturated carbocycles. The van der Waals surface area contributed by atoms with Gasteiger partial charge in [0, 0.05) is 5.56 Å². The summed E-state index contributed by atoms with van der Waals surface area (Å²) in [6, 6.07) is 8.74. The number of hydrogen-bond acceptors (Lipinski definition) is 2. The normalized spacial score (nSPS) is 12.2. The predicted octanol–water partition coefficient (Wildman–Crippen LogP) is 4.04. The molecule has 0 radical (unpaired) electrons. The average molecular weight is 342 g/mol. The number of halogens is 3. The minimum absolute atomic E-state index is 0.358. The fourth-order valence-corrected chi connectivity index (χ4v) is 2.37. The van der Waals surface area contributed by atoms with Crippen LogP contribution in [0.2, 0.25) is 0 Å². The summed E-state index contributed by atoms with van der Waals surface area (Å²) in [5, 5.41) is 3.05. The lowest BCUT2D eigenvalue weighted by molar-refractivity contribution is 0.403. The van der Waals surface area contributed by atoms with Gasteiger partial charge in [0.2, 0.25) is 0 Å². The highest BCUT2D eigenvalue weighted by Gasteiger charge is 2.18. The molecule has 0 bridgehead atoms. The summed E-state index contributed by atoms with van der Waals surface area (Å²) in [6.45, 7) is 0. The van der Waals surface area contributed by atoms with Crippen molar-refractivity contribution in [3.63, 3.8) is 0 Å². The van der Waals surface area contributed by atoms with Gasteiger partial charge < -0.3 is 10.1 Å². The van der Waals surface area contributed by atoms with Crippen molar-refractivity contribution in [2.75, 3.05) is 14.2 Å². The van der Waals surface area contributed by atoms with Crippen LogP contribution in [0, 0.1) is 11.6 Å². The molecule has 1 atom stereocenters. The summed E-state index contributed by atoms with van der Waals surface area (Å²) < 4.78 is 32.8. The SMILES string of the molecule is CNC(c1ccc(Br)c(F)c1)c1cc(F)ccc1OC. The fraction of sp³-hybridized carbons (Fsp3) is 0.200. The molecule has 2 aromatic carbocycles. The highest BCUT2D eigenvalue weighted by Crippen LogP contribution is 2.31. The van der Waals surface area contributed by atoms with Gasteiger partial charge in [0.1, 0.15) is 17.4 Å². The van der Waals surface area contributed by atoms with E-state index in [1.54, 1.807) is 25.2 Å². The van der Waals surface area contributed by atoms with E-state index in [-0.39, 0.29) is 17.7 Å². The van der Waals surface area contributed by atoms with Crippen molar-refractivity contribution in [3.8, 4) is 5.75 Å². The van der Waals surface area contributed by atoms with Crippen molar-refractivity contribution < 1.29 is 13.5 Å². The highest BCUT2D eigenvalue weighted by molar-refractivity contribution is 9.10. The highest BCUT2D eigenvalue weighted by atomic mass is 79.9. The second-order valence-corrected chi connectivity index (χ2v) is 5.14. The van der Waals surface area contributed by atoms with Crippen LogP contribution in [0.1, 0.15) is 17.2 Å². The molecular weight excluding hydrogens is 328 g/mol. The molecule has 0 amide bonds. The Morgan fingerprint density at radius 3 is 2.50 bits per heavy atom. The maximum Gasteiger partial charge on any atom is 0.137 e. The van der Waals surface area contributed by atoms with E-state index < -0.39 is 0 Å². The molecule has 1 N–H and O–H groups in total. The maximum absolute atomic E-state index is 13.7. The lowest BCUT2D eigenvalue weighted by atomic mass is 9.97. The first-order chi connectivity index (χ1) is 9.56. The molecular formula is C15H14BrF2NO. The molecule has 0 aliphatic heterocycles. The quantitative estimate of drug-likeness (QED) is 0.905. The third-order valence-electron chi connectivity index (χ3n) is 3.07. The Bertz CT molecular complexity index is 619. The first-order valence-corrected chi connectivity index (χ1v) is 6.81. The van der Waals surface area contributed by atoms with Gasteiger partial charge in [-0.05, 0) is 58.9 Å². The van der Waals surface area contributed by atoms with Crippen molar-refractivity contribution in [2.45, 2.75) is 6.04 Å². The lowest BCUT2D eigenvalue weighted by Gasteiger charge is -2.20. The Morgan fingerprint density at radius 2 is 1.90 bits per heavy atom. The molecule has 1 unspecified atom stereocenters. The summed E-state index contributed by atoms with van der Waals surface area (Å²) in [5.74, 6) is -0.175. The lowest BCUT2D eigenvalue weighted by Crippen LogP contribution is -2.19. The van der Waals surface area contributed by atoms with Gasteiger partial charge in [0.25, 0.3) is 0 Å². The van der Waals surface area contributed by atoms with E-state index >= 15 is 0 Å². The molecule has 2 nitrogen and oxygen atoms in total. The zero-order valence-electron chi connectivity index (χ0n) is 11.1. The molecule has 0 aromatic heterocycles. The van der Waals surface area contributed by atoms with Crippen LogP contribution in [0.25, 0.3) is 0 Å².